The standard InChI is InChI=1S/C14H12ClN3O/c1-9-3-4-10(7-12(9)19-2)11-8-13(15)18-14(17-11)5-6-16-18/h3-8H,1-2H3. The van der Waals surface area contributed by atoms with Gasteiger partial charge in [0.2, 0.25) is 0 Å². The molecule has 3 rings (SSSR count). The van der Waals surface area contributed by atoms with Gasteiger partial charge in [-0.25, -0.2) is 9.50 Å². The number of benzene rings is 1. The molecule has 1 aromatic carbocycles. The third-order valence-corrected chi connectivity index (χ3v) is 3.29. The van der Waals surface area contributed by atoms with Crippen molar-refractivity contribution in [3.05, 3.63) is 47.2 Å². The summed E-state index contributed by atoms with van der Waals surface area (Å²) in [7, 11) is 1.66. The van der Waals surface area contributed by atoms with Crippen molar-refractivity contribution in [3.8, 4) is 17.0 Å². The fourth-order valence-corrected chi connectivity index (χ4v) is 2.24. The summed E-state index contributed by atoms with van der Waals surface area (Å²) in [6.45, 7) is 2.00. The van der Waals surface area contributed by atoms with E-state index in [4.69, 9.17) is 16.3 Å². The summed E-state index contributed by atoms with van der Waals surface area (Å²) < 4.78 is 6.93. The van der Waals surface area contributed by atoms with E-state index in [1.807, 2.05) is 31.2 Å². The molecule has 4 nitrogen and oxygen atoms in total. The van der Waals surface area contributed by atoms with Gasteiger partial charge in [-0.3, -0.25) is 0 Å². The lowest BCUT2D eigenvalue weighted by Gasteiger charge is -2.08. The molecule has 0 bridgehead atoms. The van der Waals surface area contributed by atoms with Crippen LogP contribution < -0.4 is 4.74 Å². The van der Waals surface area contributed by atoms with Gasteiger partial charge in [0.1, 0.15) is 10.9 Å². The molecule has 96 valence electrons. The number of hydrogen-bond donors (Lipinski definition) is 0. The van der Waals surface area contributed by atoms with E-state index in [1.54, 1.807) is 23.9 Å². The topological polar surface area (TPSA) is 39.4 Å². The molecular weight excluding hydrogens is 262 g/mol. The van der Waals surface area contributed by atoms with Crippen LogP contribution in [-0.2, 0) is 0 Å². The smallest absolute Gasteiger partial charge is 0.157 e. The predicted octanol–water partition coefficient (Wildman–Crippen LogP) is 3.37. The number of aryl methyl sites for hydroxylation is 1. The number of halogens is 1. The van der Waals surface area contributed by atoms with Gasteiger partial charge >= 0.3 is 0 Å². The second-order valence-electron chi connectivity index (χ2n) is 4.25. The van der Waals surface area contributed by atoms with E-state index in [0.717, 1.165) is 28.2 Å². The van der Waals surface area contributed by atoms with Crippen LogP contribution in [0.1, 0.15) is 5.56 Å². The molecule has 0 saturated carbocycles. The van der Waals surface area contributed by atoms with Crippen molar-refractivity contribution in [2.24, 2.45) is 0 Å². The molecule has 0 aliphatic carbocycles. The number of ether oxygens (including phenoxy) is 1. The van der Waals surface area contributed by atoms with Gasteiger partial charge in [-0.15, -0.1) is 0 Å². The first kappa shape index (κ1) is 12.0. The van der Waals surface area contributed by atoms with Crippen LogP contribution in [0.3, 0.4) is 0 Å². The maximum Gasteiger partial charge on any atom is 0.157 e. The van der Waals surface area contributed by atoms with Crippen LogP contribution in [0.25, 0.3) is 16.9 Å². The molecule has 0 N–H and O–H groups in total. The summed E-state index contributed by atoms with van der Waals surface area (Å²) >= 11 is 6.19. The van der Waals surface area contributed by atoms with Crippen LogP contribution in [0.15, 0.2) is 36.5 Å². The van der Waals surface area contributed by atoms with Crippen molar-refractivity contribution in [2.75, 3.05) is 7.11 Å². The van der Waals surface area contributed by atoms with Crippen molar-refractivity contribution in [1.82, 2.24) is 14.6 Å². The molecule has 3 aromatic rings. The summed E-state index contributed by atoms with van der Waals surface area (Å²) in [5.41, 5.74) is 3.58. The monoisotopic (exact) mass is 273 g/mol. The Balaban J connectivity index is 2.18. The van der Waals surface area contributed by atoms with E-state index >= 15 is 0 Å². The van der Waals surface area contributed by atoms with Crippen LogP contribution in [-0.4, -0.2) is 21.7 Å². The molecule has 0 spiro atoms. The fraction of sp³-hybridized carbons (Fsp3) is 0.143. The average molecular weight is 274 g/mol. The van der Waals surface area contributed by atoms with E-state index in [1.165, 1.54) is 0 Å². The van der Waals surface area contributed by atoms with Crippen molar-refractivity contribution < 1.29 is 4.74 Å². The highest BCUT2D eigenvalue weighted by atomic mass is 35.5. The zero-order chi connectivity index (χ0) is 13.4. The summed E-state index contributed by atoms with van der Waals surface area (Å²) in [6.07, 6.45) is 1.67. The van der Waals surface area contributed by atoms with Crippen LogP contribution in [0.2, 0.25) is 5.15 Å². The molecule has 5 heteroatoms. The van der Waals surface area contributed by atoms with Crippen molar-refractivity contribution in [1.29, 1.82) is 0 Å². The number of hydrogen-bond acceptors (Lipinski definition) is 3. The second-order valence-corrected chi connectivity index (χ2v) is 4.64. The fourth-order valence-electron chi connectivity index (χ4n) is 2.00. The molecule has 2 heterocycles. The molecule has 0 aliphatic heterocycles. The summed E-state index contributed by atoms with van der Waals surface area (Å²) in [5.74, 6) is 0.837. The zero-order valence-electron chi connectivity index (χ0n) is 10.6. The Kier molecular flexibility index (Phi) is 2.87. The molecule has 0 atom stereocenters. The van der Waals surface area contributed by atoms with Crippen molar-refractivity contribution in [3.63, 3.8) is 0 Å². The molecule has 2 aromatic heterocycles. The first-order valence-corrected chi connectivity index (χ1v) is 6.22. The Hall–Kier alpha value is -2.07. The molecule has 19 heavy (non-hydrogen) atoms. The normalized spacial score (nSPS) is 10.9. The van der Waals surface area contributed by atoms with E-state index < -0.39 is 0 Å². The Morgan fingerprint density at radius 2 is 2.05 bits per heavy atom. The molecule has 0 aliphatic rings. The molecule has 0 fully saturated rings. The average Bonchev–Trinajstić information content (AvgIpc) is 2.88. The number of methoxy groups -OCH3 is 1. The van der Waals surface area contributed by atoms with Gasteiger partial charge in [0.05, 0.1) is 19.0 Å². The minimum absolute atomic E-state index is 0.532. The van der Waals surface area contributed by atoms with Crippen LogP contribution in [0.5, 0.6) is 5.75 Å². The van der Waals surface area contributed by atoms with Gasteiger partial charge in [-0.05, 0) is 18.6 Å². The highest BCUT2D eigenvalue weighted by Crippen LogP contribution is 2.27. The first-order chi connectivity index (χ1) is 9.19. The summed E-state index contributed by atoms with van der Waals surface area (Å²) in [4.78, 5) is 4.53. The summed E-state index contributed by atoms with van der Waals surface area (Å²) in [6, 6.07) is 9.58. The highest BCUT2D eigenvalue weighted by molar-refractivity contribution is 6.30. The lowest BCUT2D eigenvalue weighted by molar-refractivity contribution is 0.412. The Labute approximate surface area is 115 Å². The number of nitrogens with zero attached hydrogens (tertiary/aromatic N) is 3. The molecule has 0 saturated heterocycles. The van der Waals surface area contributed by atoms with Crippen molar-refractivity contribution >= 4 is 17.2 Å². The maximum absolute atomic E-state index is 6.19. The van der Waals surface area contributed by atoms with E-state index in [9.17, 15) is 0 Å². The number of rotatable bonds is 2. The highest BCUT2D eigenvalue weighted by Gasteiger charge is 2.08. The third-order valence-electron chi connectivity index (χ3n) is 3.02. The molecular formula is C14H12ClN3O. The molecule has 0 unspecified atom stereocenters. The lowest BCUT2D eigenvalue weighted by atomic mass is 10.1. The van der Waals surface area contributed by atoms with Gasteiger partial charge < -0.3 is 4.74 Å². The first-order valence-electron chi connectivity index (χ1n) is 5.84. The Bertz CT molecular complexity index is 752. The predicted molar refractivity (Wildman–Crippen MR) is 74.7 cm³/mol. The van der Waals surface area contributed by atoms with E-state index in [2.05, 4.69) is 10.1 Å². The minimum atomic E-state index is 0.532. The van der Waals surface area contributed by atoms with E-state index in [-0.39, 0.29) is 0 Å². The van der Waals surface area contributed by atoms with Crippen LogP contribution in [0, 0.1) is 6.92 Å². The van der Waals surface area contributed by atoms with Gasteiger partial charge in [0, 0.05) is 17.7 Å². The van der Waals surface area contributed by atoms with Crippen LogP contribution >= 0.6 is 11.6 Å². The van der Waals surface area contributed by atoms with Gasteiger partial charge in [0.25, 0.3) is 0 Å². The number of fused-ring (bicyclic) bond motifs is 1. The Morgan fingerprint density at radius 1 is 1.21 bits per heavy atom. The molecule has 0 radical (unpaired) electrons. The minimum Gasteiger partial charge on any atom is -0.496 e. The largest absolute Gasteiger partial charge is 0.496 e. The zero-order valence-corrected chi connectivity index (χ0v) is 11.3. The van der Waals surface area contributed by atoms with Gasteiger partial charge in [-0.1, -0.05) is 23.7 Å². The maximum atomic E-state index is 6.19. The SMILES string of the molecule is COc1cc(-c2cc(Cl)n3nccc3n2)ccc1C. The second kappa shape index (κ2) is 4.55. The van der Waals surface area contributed by atoms with E-state index in [0.29, 0.717) is 5.15 Å². The number of aromatic nitrogens is 3. The third kappa shape index (κ3) is 2.04. The van der Waals surface area contributed by atoms with Crippen LogP contribution in [0.4, 0.5) is 0 Å². The lowest BCUT2D eigenvalue weighted by Crippen LogP contribution is -1.95. The Morgan fingerprint density at radius 3 is 2.84 bits per heavy atom. The van der Waals surface area contributed by atoms with Gasteiger partial charge in [0.15, 0.2) is 5.65 Å². The quantitative estimate of drug-likeness (QED) is 0.672. The van der Waals surface area contributed by atoms with Crippen molar-refractivity contribution in [2.45, 2.75) is 6.92 Å². The summed E-state index contributed by atoms with van der Waals surface area (Å²) in [5, 5.41) is 4.63. The van der Waals surface area contributed by atoms with Gasteiger partial charge in [-0.2, -0.15) is 5.10 Å². The molecule has 0 amide bonds.